The van der Waals surface area contributed by atoms with E-state index in [2.05, 4.69) is 20.0 Å². The molecule has 0 fully saturated rings. The predicted octanol–water partition coefficient (Wildman–Crippen LogP) is 3.54. The Hall–Kier alpha value is -2.64. The summed E-state index contributed by atoms with van der Waals surface area (Å²) in [6.07, 6.45) is 3.17. The molecular formula is C17H15ClN4O2S. The highest BCUT2D eigenvalue weighted by molar-refractivity contribution is 7.92. The number of anilines is 2. The molecule has 0 unspecified atom stereocenters. The number of benzene rings is 1. The summed E-state index contributed by atoms with van der Waals surface area (Å²) >= 11 is 5.78. The maximum absolute atomic E-state index is 12.3. The van der Waals surface area contributed by atoms with Crippen molar-refractivity contribution in [1.29, 1.82) is 0 Å². The molecule has 6 nitrogen and oxygen atoms in total. The maximum Gasteiger partial charge on any atom is 0.261 e. The molecule has 2 heterocycles. The van der Waals surface area contributed by atoms with Gasteiger partial charge in [-0.3, -0.25) is 9.71 Å². The Labute approximate surface area is 151 Å². The Morgan fingerprint density at radius 3 is 2.40 bits per heavy atom. The van der Waals surface area contributed by atoms with Crippen LogP contribution in [0, 0.1) is 0 Å². The van der Waals surface area contributed by atoms with Crippen molar-refractivity contribution < 1.29 is 8.42 Å². The summed E-state index contributed by atoms with van der Waals surface area (Å²) < 4.78 is 27.1. The predicted molar refractivity (Wildman–Crippen MR) is 98.1 cm³/mol. The van der Waals surface area contributed by atoms with Gasteiger partial charge in [0.15, 0.2) is 0 Å². The third-order valence-corrected chi connectivity index (χ3v) is 4.97. The zero-order valence-electron chi connectivity index (χ0n) is 13.1. The molecule has 8 heteroatoms. The third-order valence-electron chi connectivity index (χ3n) is 3.32. The molecular weight excluding hydrogens is 360 g/mol. The van der Waals surface area contributed by atoms with Gasteiger partial charge in [-0.05, 0) is 48.5 Å². The van der Waals surface area contributed by atoms with Gasteiger partial charge in [-0.2, -0.15) is 0 Å². The molecule has 0 aliphatic carbocycles. The average Bonchev–Trinajstić information content (AvgIpc) is 2.62. The van der Waals surface area contributed by atoms with Crippen molar-refractivity contribution in [3.8, 4) is 0 Å². The zero-order chi connectivity index (χ0) is 17.7. The van der Waals surface area contributed by atoms with E-state index < -0.39 is 10.0 Å². The van der Waals surface area contributed by atoms with E-state index in [-0.39, 0.29) is 4.90 Å². The van der Waals surface area contributed by atoms with Gasteiger partial charge >= 0.3 is 0 Å². The van der Waals surface area contributed by atoms with Crippen LogP contribution in [0.15, 0.2) is 71.9 Å². The molecule has 25 heavy (non-hydrogen) atoms. The van der Waals surface area contributed by atoms with E-state index in [4.69, 9.17) is 11.6 Å². The van der Waals surface area contributed by atoms with Gasteiger partial charge in [-0.1, -0.05) is 17.7 Å². The molecule has 0 bridgehead atoms. The fourth-order valence-electron chi connectivity index (χ4n) is 2.07. The van der Waals surface area contributed by atoms with Crippen molar-refractivity contribution in [1.82, 2.24) is 9.97 Å². The Bertz CT molecular complexity index is 931. The smallest absolute Gasteiger partial charge is 0.261 e. The van der Waals surface area contributed by atoms with E-state index in [1.165, 1.54) is 30.5 Å². The number of nitrogens with one attached hydrogen (secondary N) is 2. The molecule has 3 aromatic rings. The first-order valence-corrected chi connectivity index (χ1v) is 9.27. The van der Waals surface area contributed by atoms with E-state index in [1.807, 2.05) is 18.2 Å². The van der Waals surface area contributed by atoms with Gasteiger partial charge in [0, 0.05) is 11.2 Å². The lowest BCUT2D eigenvalue weighted by Crippen LogP contribution is -2.13. The van der Waals surface area contributed by atoms with Gasteiger partial charge in [0.25, 0.3) is 10.0 Å². The molecule has 0 atom stereocenters. The molecule has 1 aromatic carbocycles. The highest BCUT2D eigenvalue weighted by atomic mass is 35.5. The Morgan fingerprint density at radius 2 is 1.76 bits per heavy atom. The van der Waals surface area contributed by atoms with Crippen LogP contribution in [0.2, 0.25) is 5.02 Å². The number of hydrogen-bond donors (Lipinski definition) is 2. The molecule has 128 valence electrons. The molecule has 0 saturated heterocycles. The number of halogens is 1. The van der Waals surface area contributed by atoms with Crippen molar-refractivity contribution in [2.24, 2.45) is 0 Å². The second kappa shape index (κ2) is 7.50. The maximum atomic E-state index is 12.3. The summed E-state index contributed by atoms with van der Waals surface area (Å²) in [4.78, 5) is 8.54. The van der Waals surface area contributed by atoms with Crippen molar-refractivity contribution >= 4 is 33.1 Å². The third kappa shape index (κ3) is 4.68. The first kappa shape index (κ1) is 17.2. The van der Waals surface area contributed by atoms with Gasteiger partial charge < -0.3 is 5.32 Å². The number of rotatable bonds is 6. The second-order valence-electron chi connectivity index (χ2n) is 5.17. The van der Waals surface area contributed by atoms with Crippen LogP contribution in [0.25, 0.3) is 0 Å². The summed E-state index contributed by atoms with van der Waals surface area (Å²) in [6.45, 7) is 0.531. The lowest BCUT2D eigenvalue weighted by Gasteiger charge is -2.09. The minimum atomic E-state index is -3.68. The monoisotopic (exact) mass is 374 g/mol. The van der Waals surface area contributed by atoms with Crippen molar-refractivity contribution in [3.63, 3.8) is 0 Å². The van der Waals surface area contributed by atoms with Crippen LogP contribution in [0.4, 0.5) is 11.5 Å². The van der Waals surface area contributed by atoms with Gasteiger partial charge in [0.2, 0.25) is 0 Å². The van der Waals surface area contributed by atoms with Crippen molar-refractivity contribution in [2.75, 3.05) is 10.0 Å². The van der Waals surface area contributed by atoms with Crippen molar-refractivity contribution in [3.05, 3.63) is 77.7 Å². The van der Waals surface area contributed by atoms with Crippen LogP contribution < -0.4 is 10.0 Å². The standard InChI is InChI=1S/C17H15ClN4O2S/c18-13-4-7-16(8-5-13)25(23,24)22-15-6-9-17(21-12-15)20-11-14-3-1-2-10-19-14/h1-10,12,22H,11H2,(H,20,21). The molecule has 0 amide bonds. The first-order chi connectivity index (χ1) is 12.0. The number of aromatic nitrogens is 2. The summed E-state index contributed by atoms with van der Waals surface area (Å²) in [5, 5.41) is 3.60. The van der Waals surface area contributed by atoms with Crippen LogP contribution in [0.1, 0.15) is 5.69 Å². The lowest BCUT2D eigenvalue weighted by molar-refractivity contribution is 0.601. The molecule has 2 aromatic heterocycles. The molecule has 2 N–H and O–H groups in total. The van der Waals surface area contributed by atoms with Crippen molar-refractivity contribution in [2.45, 2.75) is 11.4 Å². The fourth-order valence-corrected chi connectivity index (χ4v) is 3.24. The van der Waals surface area contributed by atoms with E-state index in [0.29, 0.717) is 23.1 Å². The highest BCUT2D eigenvalue weighted by Crippen LogP contribution is 2.18. The first-order valence-electron chi connectivity index (χ1n) is 7.41. The summed E-state index contributed by atoms with van der Waals surface area (Å²) in [5.41, 5.74) is 1.26. The fraction of sp³-hybridized carbons (Fsp3) is 0.0588. The Balaban J connectivity index is 1.65. The zero-order valence-corrected chi connectivity index (χ0v) is 14.6. The van der Waals surface area contributed by atoms with Crippen LogP contribution in [0.5, 0.6) is 0 Å². The minimum absolute atomic E-state index is 0.134. The van der Waals surface area contributed by atoms with Gasteiger partial charge in [0.1, 0.15) is 5.82 Å². The number of hydrogen-bond acceptors (Lipinski definition) is 5. The summed E-state index contributed by atoms with van der Waals surface area (Å²) in [7, 11) is -3.68. The second-order valence-corrected chi connectivity index (χ2v) is 7.28. The summed E-state index contributed by atoms with van der Waals surface area (Å²) in [5.74, 6) is 0.625. The van der Waals surface area contributed by atoms with Crippen LogP contribution in [-0.4, -0.2) is 18.4 Å². The number of sulfonamides is 1. The Morgan fingerprint density at radius 1 is 0.960 bits per heavy atom. The minimum Gasteiger partial charge on any atom is -0.364 e. The van der Waals surface area contributed by atoms with Crippen LogP contribution in [-0.2, 0) is 16.6 Å². The normalized spacial score (nSPS) is 11.1. The number of pyridine rings is 2. The lowest BCUT2D eigenvalue weighted by atomic mass is 10.3. The topological polar surface area (TPSA) is 84.0 Å². The molecule has 0 aliphatic heterocycles. The Kier molecular flexibility index (Phi) is 5.16. The van der Waals surface area contributed by atoms with Crippen LogP contribution in [0.3, 0.4) is 0 Å². The van der Waals surface area contributed by atoms with Crippen LogP contribution >= 0.6 is 11.6 Å². The van der Waals surface area contributed by atoms with E-state index in [9.17, 15) is 8.42 Å². The van der Waals surface area contributed by atoms with Gasteiger partial charge in [-0.25, -0.2) is 13.4 Å². The highest BCUT2D eigenvalue weighted by Gasteiger charge is 2.14. The van der Waals surface area contributed by atoms with E-state index in [0.717, 1.165) is 5.69 Å². The molecule has 3 rings (SSSR count). The molecule has 0 saturated carbocycles. The quantitative estimate of drug-likeness (QED) is 0.689. The summed E-state index contributed by atoms with van der Waals surface area (Å²) in [6, 6.07) is 14.9. The largest absolute Gasteiger partial charge is 0.364 e. The van der Waals surface area contributed by atoms with Gasteiger partial charge in [-0.15, -0.1) is 0 Å². The molecule has 0 aliphatic rings. The average molecular weight is 375 g/mol. The SMILES string of the molecule is O=S(=O)(Nc1ccc(NCc2ccccn2)nc1)c1ccc(Cl)cc1. The van der Waals surface area contributed by atoms with E-state index >= 15 is 0 Å². The molecule has 0 spiro atoms. The number of nitrogens with zero attached hydrogens (tertiary/aromatic N) is 2. The van der Waals surface area contributed by atoms with Gasteiger partial charge in [0.05, 0.1) is 29.0 Å². The van der Waals surface area contributed by atoms with E-state index in [1.54, 1.807) is 18.3 Å². The molecule has 0 radical (unpaired) electrons.